The minimum absolute atomic E-state index is 0.0946. The molecule has 1 aliphatic carbocycles. The summed E-state index contributed by atoms with van der Waals surface area (Å²) in [6, 6.07) is 0.348. The third-order valence-electron chi connectivity index (χ3n) is 4.56. The largest absolute Gasteiger partial charge is 0.354 e. The monoisotopic (exact) mass is 248 g/mol. The Kier molecular flexibility index (Phi) is 2.88. The van der Waals surface area contributed by atoms with Crippen LogP contribution in [0.5, 0.6) is 0 Å². The molecule has 1 N–H and O–H groups in total. The van der Waals surface area contributed by atoms with E-state index in [-0.39, 0.29) is 23.9 Å². The van der Waals surface area contributed by atoms with Gasteiger partial charge in [0.1, 0.15) is 0 Å². The normalized spacial score (nSPS) is 31.6. The summed E-state index contributed by atoms with van der Waals surface area (Å²) in [7, 11) is 0. The summed E-state index contributed by atoms with van der Waals surface area (Å²) in [5.41, 5.74) is 2.27. The van der Waals surface area contributed by atoms with Gasteiger partial charge in [0, 0.05) is 30.6 Å². The molecule has 4 heteroatoms. The van der Waals surface area contributed by atoms with Gasteiger partial charge < -0.3 is 10.2 Å². The van der Waals surface area contributed by atoms with Crippen molar-refractivity contribution in [1.29, 1.82) is 0 Å². The highest BCUT2D eigenvalue weighted by atomic mass is 16.2. The summed E-state index contributed by atoms with van der Waals surface area (Å²) in [5, 5.41) is 2.91. The molecule has 2 heterocycles. The highest BCUT2D eigenvalue weighted by Crippen LogP contribution is 2.34. The van der Waals surface area contributed by atoms with Gasteiger partial charge in [-0.05, 0) is 39.0 Å². The molecule has 98 valence electrons. The van der Waals surface area contributed by atoms with Crippen molar-refractivity contribution >= 4 is 11.8 Å². The second kappa shape index (κ2) is 4.41. The van der Waals surface area contributed by atoms with Gasteiger partial charge in [-0.25, -0.2) is 0 Å². The molecule has 3 aliphatic rings. The fourth-order valence-electron chi connectivity index (χ4n) is 3.55. The maximum atomic E-state index is 12.7. The van der Waals surface area contributed by atoms with E-state index in [0.29, 0.717) is 13.0 Å². The predicted octanol–water partition coefficient (Wildman–Crippen LogP) is 1.37. The number of hydrogen-bond acceptors (Lipinski definition) is 2. The van der Waals surface area contributed by atoms with Crippen molar-refractivity contribution in [2.45, 2.75) is 57.5 Å². The smallest absolute Gasteiger partial charge is 0.250 e. The first-order valence-corrected chi connectivity index (χ1v) is 6.95. The van der Waals surface area contributed by atoms with E-state index in [4.69, 9.17) is 0 Å². The molecule has 2 saturated heterocycles. The zero-order chi connectivity index (χ0) is 12.7. The van der Waals surface area contributed by atoms with Gasteiger partial charge in [-0.3, -0.25) is 9.59 Å². The highest BCUT2D eigenvalue weighted by Gasteiger charge is 2.41. The molecule has 0 aromatic carbocycles. The molecular formula is C14H20N2O2. The minimum Gasteiger partial charge on any atom is -0.354 e. The third kappa shape index (κ3) is 1.84. The van der Waals surface area contributed by atoms with E-state index in [1.54, 1.807) is 0 Å². The fourth-order valence-corrected chi connectivity index (χ4v) is 3.55. The molecule has 0 aromatic heterocycles. The van der Waals surface area contributed by atoms with Gasteiger partial charge in [-0.15, -0.1) is 0 Å². The molecule has 2 atom stereocenters. The van der Waals surface area contributed by atoms with Crippen LogP contribution < -0.4 is 5.32 Å². The number of hydrogen-bond donors (Lipinski definition) is 1. The first kappa shape index (κ1) is 11.8. The Morgan fingerprint density at radius 2 is 2.06 bits per heavy atom. The van der Waals surface area contributed by atoms with Gasteiger partial charge in [0.2, 0.25) is 11.8 Å². The summed E-state index contributed by atoms with van der Waals surface area (Å²) >= 11 is 0. The maximum absolute atomic E-state index is 12.7. The standard InChI is InChI=1S/C14H20N2O2/c1-9-3-2-4-12(9)14(18)16-10-5-6-11(16)8-15-13(17)7-10/h10-11H,2-8H2,1H3,(H,15,17). The lowest BCUT2D eigenvalue weighted by Gasteiger charge is -2.28. The van der Waals surface area contributed by atoms with Crippen molar-refractivity contribution in [3.63, 3.8) is 0 Å². The van der Waals surface area contributed by atoms with Crippen molar-refractivity contribution in [3.8, 4) is 0 Å². The lowest BCUT2D eigenvalue weighted by atomic mass is 10.1. The molecule has 18 heavy (non-hydrogen) atoms. The zero-order valence-electron chi connectivity index (χ0n) is 10.9. The van der Waals surface area contributed by atoms with Gasteiger partial charge in [0.15, 0.2) is 0 Å². The van der Waals surface area contributed by atoms with Crippen molar-refractivity contribution in [2.24, 2.45) is 0 Å². The summed E-state index contributed by atoms with van der Waals surface area (Å²) in [4.78, 5) is 26.2. The molecule has 2 bridgehead atoms. The van der Waals surface area contributed by atoms with Crippen LogP contribution in [0, 0.1) is 0 Å². The number of nitrogens with one attached hydrogen (secondary N) is 1. The highest BCUT2D eigenvalue weighted by molar-refractivity contribution is 5.96. The van der Waals surface area contributed by atoms with Crippen LogP contribution in [0.15, 0.2) is 11.1 Å². The summed E-state index contributed by atoms with van der Waals surface area (Å²) < 4.78 is 0. The number of allylic oxidation sites excluding steroid dienone is 1. The van der Waals surface area contributed by atoms with Crippen molar-refractivity contribution in [3.05, 3.63) is 11.1 Å². The lowest BCUT2D eigenvalue weighted by molar-refractivity contribution is -0.130. The summed E-state index contributed by atoms with van der Waals surface area (Å²) in [5.74, 6) is 0.297. The van der Waals surface area contributed by atoms with Gasteiger partial charge in [0.25, 0.3) is 0 Å². The van der Waals surface area contributed by atoms with Crippen LogP contribution in [0.1, 0.15) is 45.4 Å². The van der Waals surface area contributed by atoms with Crippen molar-refractivity contribution in [1.82, 2.24) is 10.2 Å². The van der Waals surface area contributed by atoms with Crippen LogP contribution in [0.4, 0.5) is 0 Å². The molecule has 2 amide bonds. The van der Waals surface area contributed by atoms with Gasteiger partial charge >= 0.3 is 0 Å². The molecular weight excluding hydrogens is 228 g/mol. The minimum atomic E-state index is 0.0946. The van der Waals surface area contributed by atoms with Crippen LogP contribution in [0.25, 0.3) is 0 Å². The van der Waals surface area contributed by atoms with E-state index >= 15 is 0 Å². The summed E-state index contributed by atoms with van der Waals surface area (Å²) in [6.45, 7) is 2.71. The zero-order valence-corrected chi connectivity index (χ0v) is 10.9. The van der Waals surface area contributed by atoms with Crippen molar-refractivity contribution < 1.29 is 9.59 Å². The number of carbonyl (C=O) groups excluding carboxylic acids is 2. The molecule has 0 saturated carbocycles. The van der Waals surface area contributed by atoms with Crippen LogP contribution in [-0.2, 0) is 9.59 Å². The number of fused-ring (bicyclic) bond motifs is 2. The number of amides is 2. The Balaban J connectivity index is 1.85. The SMILES string of the molecule is CC1=C(C(=O)N2C3CCC2CC(=O)NC3)CCC1. The quantitative estimate of drug-likeness (QED) is 0.762. The average Bonchev–Trinajstić information content (AvgIpc) is 2.87. The molecule has 2 fully saturated rings. The first-order valence-electron chi connectivity index (χ1n) is 6.95. The number of rotatable bonds is 1. The number of carbonyl (C=O) groups is 2. The molecule has 0 aromatic rings. The Bertz CT molecular complexity index is 428. The Hall–Kier alpha value is -1.32. The Labute approximate surface area is 107 Å². The molecule has 2 unspecified atom stereocenters. The van der Waals surface area contributed by atoms with Gasteiger partial charge in [-0.1, -0.05) is 5.57 Å². The Morgan fingerprint density at radius 1 is 1.28 bits per heavy atom. The third-order valence-corrected chi connectivity index (χ3v) is 4.56. The topological polar surface area (TPSA) is 49.4 Å². The average molecular weight is 248 g/mol. The van der Waals surface area contributed by atoms with Crippen molar-refractivity contribution in [2.75, 3.05) is 6.54 Å². The molecule has 0 spiro atoms. The predicted molar refractivity (Wildman–Crippen MR) is 67.8 cm³/mol. The van der Waals surface area contributed by atoms with Gasteiger partial charge in [0.05, 0.1) is 0 Å². The van der Waals surface area contributed by atoms with Crippen LogP contribution in [0.2, 0.25) is 0 Å². The van der Waals surface area contributed by atoms with E-state index < -0.39 is 0 Å². The Morgan fingerprint density at radius 3 is 2.78 bits per heavy atom. The summed E-state index contributed by atoms with van der Waals surface area (Å²) in [6.07, 6.45) is 5.57. The molecule has 2 aliphatic heterocycles. The number of nitrogens with zero attached hydrogens (tertiary/aromatic N) is 1. The second-order valence-electron chi connectivity index (χ2n) is 5.72. The first-order chi connectivity index (χ1) is 8.66. The molecule has 0 radical (unpaired) electrons. The van der Waals surface area contributed by atoms with E-state index in [9.17, 15) is 9.59 Å². The van der Waals surface area contributed by atoms with E-state index in [1.165, 1.54) is 5.57 Å². The fraction of sp³-hybridized carbons (Fsp3) is 0.714. The molecule has 3 rings (SSSR count). The van der Waals surface area contributed by atoms with E-state index in [2.05, 4.69) is 12.2 Å². The van der Waals surface area contributed by atoms with E-state index in [1.807, 2.05) is 4.90 Å². The maximum Gasteiger partial charge on any atom is 0.250 e. The molecule has 4 nitrogen and oxygen atoms in total. The van der Waals surface area contributed by atoms with Crippen LogP contribution in [0.3, 0.4) is 0 Å². The lowest BCUT2D eigenvalue weighted by Crippen LogP contribution is -2.43. The van der Waals surface area contributed by atoms with Crippen LogP contribution >= 0.6 is 0 Å². The second-order valence-corrected chi connectivity index (χ2v) is 5.72. The van der Waals surface area contributed by atoms with Crippen LogP contribution in [-0.4, -0.2) is 35.3 Å². The van der Waals surface area contributed by atoms with E-state index in [0.717, 1.165) is 37.7 Å². The van der Waals surface area contributed by atoms with Gasteiger partial charge in [-0.2, -0.15) is 0 Å².